The van der Waals surface area contributed by atoms with Crippen molar-refractivity contribution in [3.63, 3.8) is 0 Å². The summed E-state index contributed by atoms with van der Waals surface area (Å²) in [6, 6.07) is 1.80. The van der Waals surface area contributed by atoms with Gasteiger partial charge in [-0.2, -0.15) is 0 Å². The minimum absolute atomic E-state index is 0.521. The lowest BCUT2D eigenvalue weighted by molar-refractivity contribution is 0.778. The van der Waals surface area contributed by atoms with Gasteiger partial charge in [0, 0.05) is 6.07 Å². The summed E-state index contributed by atoms with van der Waals surface area (Å²) in [7, 11) is 0. The number of nitrogens with zero attached hydrogens (tertiary/aromatic N) is 2. The standard InChI is InChI=1S/C9H13ClN2S/c1-2-3-4-5-13-9-6-8(10)11-7-12-9/h6-7H,2-5H2,1H3. The van der Waals surface area contributed by atoms with Crippen LogP contribution in [0.3, 0.4) is 0 Å². The number of thioether (sulfide) groups is 1. The van der Waals surface area contributed by atoms with Crippen LogP contribution in [0.15, 0.2) is 17.4 Å². The Balaban J connectivity index is 2.28. The first-order valence-corrected chi connectivity index (χ1v) is 5.79. The van der Waals surface area contributed by atoms with E-state index in [0.717, 1.165) is 10.8 Å². The highest BCUT2D eigenvalue weighted by Gasteiger charge is 1.96. The molecule has 72 valence electrons. The van der Waals surface area contributed by atoms with Crippen LogP contribution < -0.4 is 0 Å². The van der Waals surface area contributed by atoms with Crippen molar-refractivity contribution in [1.82, 2.24) is 9.97 Å². The zero-order chi connectivity index (χ0) is 9.52. The third-order valence-electron chi connectivity index (χ3n) is 1.61. The molecule has 0 amide bonds. The van der Waals surface area contributed by atoms with E-state index in [1.165, 1.54) is 25.6 Å². The molecule has 1 rings (SSSR count). The molecule has 0 aliphatic heterocycles. The fourth-order valence-corrected chi connectivity index (χ4v) is 2.01. The molecule has 0 aromatic carbocycles. The Morgan fingerprint density at radius 2 is 2.23 bits per heavy atom. The van der Waals surface area contributed by atoms with Gasteiger partial charge in [-0.1, -0.05) is 31.4 Å². The van der Waals surface area contributed by atoms with Crippen molar-refractivity contribution < 1.29 is 0 Å². The first-order chi connectivity index (χ1) is 6.33. The van der Waals surface area contributed by atoms with Crippen molar-refractivity contribution in [3.8, 4) is 0 Å². The van der Waals surface area contributed by atoms with Crippen LogP contribution in [-0.2, 0) is 0 Å². The van der Waals surface area contributed by atoms with Crippen molar-refractivity contribution >= 4 is 23.4 Å². The summed E-state index contributed by atoms with van der Waals surface area (Å²) in [5.41, 5.74) is 0. The van der Waals surface area contributed by atoms with Crippen molar-refractivity contribution in [2.24, 2.45) is 0 Å². The molecule has 0 bridgehead atoms. The predicted molar refractivity (Wildman–Crippen MR) is 57.3 cm³/mol. The second-order valence-corrected chi connectivity index (χ2v) is 4.24. The summed E-state index contributed by atoms with van der Waals surface area (Å²) < 4.78 is 0. The van der Waals surface area contributed by atoms with Gasteiger partial charge < -0.3 is 0 Å². The molecule has 13 heavy (non-hydrogen) atoms. The topological polar surface area (TPSA) is 25.8 Å². The van der Waals surface area contributed by atoms with Gasteiger partial charge in [0.25, 0.3) is 0 Å². The summed E-state index contributed by atoms with van der Waals surface area (Å²) in [5.74, 6) is 1.11. The van der Waals surface area contributed by atoms with Crippen LogP contribution in [-0.4, -0.2) is 15.7 Å². The Morgan fingerprint density at radius 1 is 1.38 bits per heavy atom. The Labute approximate surface area is 88.1 Å². The molecule has 4 heteroatoms. The molecule has 0 fully saturated rings. The van der Waals surface area contributed by atoms with Crippen LogP contribution >= 0.6 is 23.4 Å². The van der Waals surface area contributed by atoms with Gasteiger partial charge in [0.15, 0.2) is 0 Å². The van der Waals surface area contributed by atoms with Gasteiger partial charge in [0.2, 0.25) is 0 Å². The second kappa shape index (κ2) is 6.22. The maximum absolute atomic E-state index is 5.72. The summed E-state index contributed by atoms with van der Waals surface area (Å²) in [4.78, 5) is 7.93. The minimum atomic E-state index is 0.521. The second-order valence-electron chi connectivity index (χ2n) is 2.73. The van der Waals surface area contributed by atoms with E-state index < -0.39 is 0 Å². The van der Waals surface area contributed by atoms with Crippen molar-refractivity contribution in [2.75, 3.05) is 5.75 Å². The van der Waals surface area contributed by atoms with E-state index in [4.69, 9.17) is 11.6 Å². The zero-order valence-corrected chi connectivity index (χ0v) is 9.24. The molecule has 0 aliphatic rings. The van der Waals surface area contributed by atoms with Gasteiger partial charge in [-0.25, -0.2) is 9.97 Å². The molecule has 1 heterocycles. The molecule has 2 nitrogen and oxygen atoms in total. The van der Waals surface area contributed by atoms with Crippen LogP contribution in [0.2, 0.25) is 5.15 Å². The molecular weight excluding hydrogens is 204 g/mol. The SMILES string of the molecule is CCCCCSc1cc(Cl)ncn1. The third kappa shape index (κ3) is 4.48. The van der Waals surface area contributed by atoms with Gasteiger partial charge in [0.05, 0.1) is 0 Å². The van der Waals surface area contributed by atoms with Crippen LogP contribution in [0.1, 0.15) is 26.2 Å². The number of unbranched alkanes of at least 4 members (excludes halogenated alkanes) is 2. The molecule has 0 saturated heterocycles. The van der Waals surface area contributed by atoms with E-state index in [2.05, 4.69) is 16.9 Å². The van der Waals surface area contributed by atoms with E-state index in [9.17, 15) is 0 Å². The maximum atomic E-state index is 5.72. The molecule has 0 spiro atoms. The summed E-state index contributed by atoms with van der Waals surface area (Å²) in [6.07, 6.45) is 5.28. The molecule has 0 N–H and O–H groups in total. The number of aromatic nitrogens is 2. The molecule has 1 aromatic rings. The Kier molecular flexibility index (Phi) is 5.16. The Hall–Kier alpha value is -0.280. The molecule has 1 aromatic heterocycles. The average Bonchev–Trinajstić information content (AvgIpc) is 2.13. The van der Waals surface area contributed by atoms with Crippen LogP contribution in [0.5, 0.6) is 0 Å². The van der Waals surface area contributed by atoms with Gasteiger partial charge in [-0.05, 0) is 12.2 Å². The van der Waals surface area contributed by atoms with E-state index in [1.807, 2.05) is 0 Å². The Bertz CT molecular complexity index is 255. The van der Waals surface area contributed by atoms with E-state index in [1.54, 1.807) is 17.8 Å². The highest BCUT2D eigenvalue weighted by molar-refractivity contribution is 7.99. The van der Waals surface area contributed by atoms with Gasteiger partial charge >= 0.3 is 0 Å². The number of halogens is 1. The molecule has 0 radical (unpaired) electrons. The predicted octanol–water partition coefficient (Wildman–Crippen LogP) is 3.41. The fraction of sp³-hybridized carbons (Fsp3) is 0.556. The van der Waals surface area contributed by atoms with E-state index >= 15 is 0 Å². The van der Waals surface area contributed by atoms with Crippen LogP contribution in [0, 0.1) is 0 Å². The van der Waals surface area contributed by atoms with Crippen molar-refractivity contribution in [3.05, 3.63) is 17.5 Å². The van der Waals surface area contributed by atoms with Gasteiger partial charge in [-0.15, -0.1) is 11.8 Å². The highest BCUT2D eigenvalue weighted by atomic mass is 35.5. The monoisotopic (exact) mass is 216 g/mol. The fourth-order valence-electron chi connectivity index (χ4n) is 0.925. The zero-order valence-electron chi connectivity index (χ0n) is 7.66. The molecular formula is C9H13ClN2S. The van der Waals surface area contributed by atoms with Crippen molar-refractivity contribution in [2.45, 2.75) is 31.2 Å². The minimum Gasteiger partial charge on any atom is -0.230 e. The first kappa shape index (κ1) is 10.8. The summed E-state index contributed by atoms with van der Waals surface area (Å²) in [5, 5.41) is 1.49. The highest BCUT2D eigenvalue weighted by Crippen LogP contribution is 2.18. The number of hydrogen-bond acceptors (Lipinski definition) is 3. The van der Waals surface area contributed by atoms with E-state index in [-0.39, 0.29) is 0 Å². The lowest BCUT2D eigenvalue weighted by atomic mass is 10.3. The Morgan fingerprint density at radius 3 is 2.92 bits per heavy atom. The third-order valence-corrected chi connectivity index (χ3v) is 2.82. The lowest BCUT2D eigenvalue weighted by Gasteiger charge is -1.99. The average molecular weight is 217 g/mol. The van der Waals surface area contributed by atoms with Gasteiger partial charge in [0.1, 0.15) is 16.5 Å². The largest absolute Gasteiger partial charge is 0.230 e. The summed E-state index contributed by atoms with van der Waals surface area (Å²) in [6.45, 7) is 2.20. The molecule has 0 saturated carbocycles. The summed E-state index contributed by atoms with van der Waals surface area (Å²) >= 11 is 7.46. The van der Waals surface area contributed by atoms with Crippen molar-refractivity contribution in [1.29, 1.82) is 0 Å². The lowest BCUT2D eigenvalue weighted by Crippen LogP contribution is -1.85. The molecule has 0 atom stereocenters. The smallest absolute Gasteiger partial charge is 0.133 e. The molecule has 0 unspecified atom stereocenters. The first-order valence-electron chi connectivity index (χ1n) is 4.43. The number of rotatable bonds is 5. The van der Waals surface area contributed by atoms with Gasteiger partial charge in [-0.3, -0.25) is 0 Å². The van der Waals surface area contributed by atoms with Crippen LogP contribution in [0.25, 0.3) is 0 Å². The number of hydrogen-bond donors (Lipinski definition) is 0. The quantitative estimate of drug-likeness (QED) is 0.429. The van der Waals surface area contributed by atoms with Crippen LogP contribution in [0.4, 0.5) is 0 Å². The van der Waals surface area contributed by atoms with E-state index in [0.29, 0.717) is 5.15 Å². The molecule has 0 aliphatic carbocycles. The maximum Gasteiger partial charge on any atom is 0.133 e. The normalized spacial score (nSPS) is 10.3.